The quantitative estimate of drug-likeness (QED) is 0.900. The Hall–Kier alpha value is -2.53. The van der Waals surface area contributed by atoms with Gasteiger partial charge in [0.25, 0.3) is 0 Å². The van der Waals surface area contributed by atoms with E-state index in [4.69, 9.17) is 9.47 Å². The van der Waals surface area contributed by atoms with Crippen molar-refractivity contribution < 1.29 is 14.3 Å². The Labute approximate surface area is 160 Å². The number of hydrogen-bond donors (Lipinski definition) is 1. The summed E-state index contributed by atoms with van der Waals surface area (Å²) < 4.78 is 11.0. The number of nitrogens with zero attached hydrogens (tertiary/aromatic N) is 1. The van der Waals surface area contributed by atoms with E-state index in [1.54, 1.807) is 7.11 Å². The van der Waals surface area contributed by atoms with E-state index in [1.807, 2.05) is 24.3 Å². The summed E-state index contributed by atoms with van der Waals surface area (Å²) in [4.78, 5) is 13.0. The van der Waals surface area contributed by atoms with Crippen LogP contribution in [0, 0.1) is 0 Å². The van der Waals surface area contributed by atoms with Crippen molar-refractivity contribution in [2.75, 3.05) is 26.8 Å². The molecule has 2 heterocycles. The molecule has 0 aliphatic carbocycles. The van der Waals surface area contributed by atoms with E-state index in [-0.39, 0.29) is 11.8 Å². The summed E-state index contributed by atoms with van der Waals surface area (Å²) in [6, 6.07) is 16.2. The molecule has 2 aliphatic rings. The lowest BCUT2D eigenvalue weighted by Gasteiger charge is -2.34. The van der Waals surface area contributed by atoms with Crippen molar-refractivity contribution in [2.24, 2.45) is 0 Å². The number of nitrogens with one attached hydrogen (secondary N) is 1. The SMILES string of the molecule is COc1ccc2c(c1)C(C(=O)NN1CCCC(c3ccccc3)C1)CCO2. The van der Waals surface area contributed by atoms with Gasteiger partial charge in [-0.15, -0.1) is 0 Å². The van der Waals surface area contributed by atoms with Crippen molar-refractivity contribution in [1.29, 1.82) is 0 Å². The van der Waals surface area contributed by atoms with E-state index >= 15 is 0 Å². The zero-order chi connectivity index (χ0) is 18.6. The molecule has 2 aromatic carbocycles. The van der Waals surface area contributed by atoms with Crippen LogP contribution in [0.25, 0.3) is 0 Å². The van der Waals surface area contributed by atoms with Crippen LogP contribution >= 0.6 is 0 Å². The molecule has 142 valence electrons. The number of hydrazine groups is 1. The van der Waals surface area contributed by atoms with Gasteiger partial charge in [-0.1, -0.05) is 30.3 Å². The largest absolute Gasteiger partial charge is 0.497 e. The molecule has 2 aliphatic heterocycles. The van der Waals surface area contributed by atoms with Gasteiger partial charge in [0.2, 0.25) is 5.91 Å². The number of benzene rings is 2. The van der Waals surface area contributed by atoms with Crippen LogP contribution in [0.3, 0.4) is 0 Å². The molecule has 0 bridgehead atoms. The molecule has 0 radical (unpaired) electrons. The highest BCUT2D eigenvalue weighted by molar-refractivity contribution is 5.84. The minimum Gasteiger partial charge on any atom is -0.497 e. The van der Waals surface area contributed by atoms with Gasteiger partial charge >= 0.3 is 0 Å². The summed E-state index contributed by atoms with van der Waals surface area (Å²) in [6.45, 7) is 2.30. The second-order valence-electron chi connectivity index (χ2n) is 7.27. The molecule has 4 rings (SSSR count). The first kappa shape index (κ1) is 17.9. The predicted octanol–water partition coefficient (Wildman–Crippen LogP) is 3.47. The van der Waals surface area contributed by atoms with Gasteiger partial charge in [-0.3, -0.25) is 10.2 Å². The summed E-state index contributed by atoms with van der Waals surface area (Å²) in [5, 5.41) is 2.08. The van der Waals surface area contributed by atoms with Crippen LogP contribution in [0.15, 0.2) is 48.5 Å². The van der Waals surface area contributed by atoms with Crippen LogP contribution in [0.5, 0.6) is 11.5 Å². The third-order valence-corrected chi connectivity index (χ3v) is 5.53. The van der Waals surface area contributed by atoms with E-state index in [9.17, 15) is 4.79 Å². The molecule has 1 amide bonds. The number of hydrogen-bond acceptors (Lipinski definition) is 4. The van der Waals surface area contributed by atoms with Crippen LogP contribution in [-0.2, 0) is 4.79 Å². The molecular formula is C22H26N2O3. The molecule has 2 unspecified atom stereocenters. The van der Waals surface area contributed by atoms with Crippen LogP contribution < -0.4 is 14.9 Å². The predicted molar refractivity (Wildman–Crippen MR) is 104 cm³/mol. The summed E-state index contributed by atoms with van der Waals surface area (Å²) in [5.41, 5.74) is 5.42. The number of fused-ring (bicyclic) bond motifs is 1. The van der Waals surface area contributed by atoms with Gasteiger partial charge in [-0.05, 0) is 48.9 Å². The van der Waals surface area contributed by atoms with Crippen molar-refractivity contribution in [2.45, 2.75) is 31.1 Å². The van der Waals surface area contributed by atoms with Gasteiger partial charge in [0.15, 0.2) is 0 Å². The average molecular weight is 366 g/mol. The summed E-state index contributed by atoms with van der Waals surface area (Å²) >= 11 is 0. The first-order valence-electron chi connectivity index (χ1n) is 9.65. The molecule has 0 aromatic heterocycles. The second-order valence-corrected chi connectivity index (χ2v) is 7.27. The second kappa shape index (κ2) is 8.01. The lowest BCUT2D eigenvalue weighted by Crippen LogP contribution is -2.49. The molecule has 0 saturated carbocycles. The maximum atomic E-state index is 13.0. The molecule has 0 spiro atoms. The molecule has 1 N–H and O–H groups in total. The fourth-order valence-corrected chi connectivity index (χ4v) is 4.08. The van der Waals surface area contributed by atoms with Gasteiger partial charge in [-0.2, -0.15) is 0 Å². The van der Waals surface area contributed by atoms with Crippen molar-refractivity contribution >= 4 is 5.91 Å². The monoisotopic (exact) mass is 366 g/mol. The summed E-state index contributed by atoms with van der Waals surface area (Å²) in [6.07, 6.45) is 2.92. The lowest BCUT2D eigenvalue weighted by atomic mass is 9.91. The molecule has 5 heteroatoms. The fraction of sp³-hybridized carbons (Fsp3) is 0.409. The van der Waals surface area contributed by atoms with Gasteiger partial charge in [0.05, 0.1) is 19.6 Å². The third-order valence-electron chi connectivity index (χ3n) is 5.53. The Morgan fingerprint density at radius 3 is 2.85 bits per heavy atom. The molecule has 1 saturated heterocycles. The zero-order valence-corrected chi connectivity index (χ0v) is 15.7. The Morgan fingerprint density at radius 1 is 1.19 bits per heavy atom. The number of carbonyl (C=O) groups is 1. The van der Waals surface area contributed by atoms with Gasteiger partial charge in [0.1, 0.15) is 11.5 Å². The van der Waals surface area contributed by atoms with E-state index in [0.717, 1.165) is 43.0 Å². The van der Waals surface area contributed by atoms with E-state index in [2.05, 4.69) is 34.7 Å². The van der Waals surface area contributed by atoms with Crippen LogP contribution in [0.2, 0.25) is 0 Å². The van der Waals surface area contributed by atoms with E-state index in [0.29, 0.717) is 18.9 Å². The third kappa shape index (κ3) is 3.93. The normalized spacial score (nSPS) is 22.4. The molecule has 2 atom stereocenters. The molecule has 1 fully saturated rings. The number of piperidine rings is 1. The van der Waals surface area contributed by atoms with Gasteiger partial charge in [-0.25, -0.2) is 5.01 Å². The van der Waals surface area contributed by atoms with Crippen LogP contribution in [0.1, 0.15) is 42.2 Å². The smallest absolute Gasteiger partial charge is 0.242 e. The van der Waals surface area contributed by atoms with E-state index in [1.165, 1.54) is 5.56 Å². The number of carbonyl (C=O) groups excluding carboxylic acids is 1. The van der Waals surface area contributed by atoms with Gasteiger partial charge in [0, 0.05) is 18.7 Å². The maximum Gasteiger partial charge on any atom is 0.242 e. The minimum absolute atomic E-state index is 0.0431. The first-order chi connectivity index (χ1) is 13.2. The lowest BCUT2D eigenvalue weighted by molar-refractivity contribution is -0.128. The fourth-order valence-electron chi connectivity index (χ4n) is 4.08. The Kier molecular flexibility index (Phi) is 5.30. The molecular weight excluding hydrogens is 340 g/mol. The average Bonchev–Trinajstić information content (AvgIpc) is 2.73. The first-order valence-corrected chi connectivity index (χ1v) is 9.65. The van der Waals surface area contributed by atoms with Crippen molar-refractivity contribution in [3.05, 3.63) is 59.7 Å². The van der Waals surface area contributed by atoms with Crippen LogP contribution in [-0.4, -0.2) is 37.7 Å². The Balaban J connectivity index is 1.45. The van der Waals surface area contributed by atoms with Crippen molar-refractivity contribution in [1.82, 2.24) is 10.4 Å². The zero-order valence-electron chi connectivity index (χ0n) is 15.7. The molecule has 2 aromatic rings. The Morgan fingerprint density at radius 2 is 2.04 bits per heavy atom. The highest BCUT2D eigenvalue weighted by atomic mass is 16.5. The number of amides is 1. The molecule has 27 heavy (non-hydrogen) atoms. The topological polar surface area (TPSA) is 50.8 Å². The highest BCUT2D eigenvalue weighted by Crippen LogP contribution is 2.36. The van der Waals surface area contributed by atoms with Crippen LogP contribution in [0.4, 0.5) is 0 Å². The molecule has 5 nitrogen and oxygen atoms in total. The standard InChI is InChI=1S/C22H26N2O3/c1-26-18-9-10-21-20(14-18)19(11-13-27-21)22(25)23-24-12-5-8-17(15-24)16-6-3-2-4-7-16/h2-4,6-7,9-10,14,17,19H,5,8,11-13,15H2,1H3,(H,23,25). The maximum absolute atomic E-state index is 13.0. The summed E-state index contributed by atoms with van der Waals surface area (Å²) in [7, 11) is 1.64. The highest BCUT2D eigenvalue weighted by Gasteiger charge is 2.30. The van der Waals surface area contributed by atoms with Crippen molar-refractivity contribution in [3.8, 4) is 11.5 Å². The number of methoxy groups -OCH3 is 1. The Bertz CT molecular complexity index is 793. The van der Waals surface area contributed by atoms with Crippen molar-refractivity contribution in [3.63, 3.8) is 0 Å². The van der Waals surface area contributed by atoms with E-state index < -0.39 is 0 Å². The minimum atomic E-state index is -0.207. The summed E-state index contributed by atoms with van der Waals surface area (Å²) in [5.74, 6) is 1.83. The van der Waals surface area contributed by atoms with Gasteiger partial charge < -0.3 is 9.47 Å². The number of rotatable bonds is 4. The number of ether oxygens (including phenoxy) is 2.